The first-order valence-corrected chi connectivity index (χ1v) is 6.16. The van der Waals surface area contributed by atoms with Crippen LogP contribution < -0.4 is 10.6 Å². The molecule has 0 unspecified atom stereocenters. The zero-order chi connectivity index (χ0) is 13.8. The fourth-order valence-electron chi connectivity index (χ4n) is 2.03. The highest BCUT2D eigenvalue weighted by molar-refractivity contribution is 5.75. The van der Waals surface area contributed by atoms with Gasteiger partial charge in [0.25, 0.3) is 0 Å². The second-order valence-electron chi connectivity index (χ2n) is 4.29. The van der Waals surface area contributed by atoms with Crippen molar-refractivity contribution < 1.29 is 0 Å². The molecule has 0 aliphatic carbocycles. The molecule has 0 spiro atoms. The van der Waals surface area contributed by atoms with E-state index in [1.54, 1.807) is 12.3 Å². The van der Waals surface area contributed by atoms with E-state index in [9.17, 15) is 0 Å². The van der Waals surface area contributed by atoms with Crippen LogP contribution in [0.15, 0.2) is 36.5 Å². The van der Waals surface area contributed by atoms with Gasteiger partial charge in [0.05, 0.1) is 11.3 Å². The van der Waals surface area contributed by atoms with Crippen molar-refractivity contribution in [1.82, 2.24) is 4.98 Å². The Kier molecular flexibility index (Phi) is 3.67. The highest BCUT2D eigenvalue weighted by atomic mass is 15.2. The summed E-state index contributed by atoms with van der Waals surface area (Å²) in [7, 11) is 0. The number of hydrogen-bond acceptors (Lipinski definition) is 4. The van der Waals surface area contributed by atoms with Crippen LogP contribution in [0.25, 0.3) is 0 Å². The van der Waals surface area contributed by atoms with Gasteiger partial charge in [0, 0.05) is 18.4 Å². The molecule has 2 aromatic rings. The van der Waals surface area contributed by atoms with Crippen LogP contribution in [0.1, 0.15) is 18.1 Å². The third-order valence-electron chi connectivity index (χ3n) is 2.97. The highest BCUT2D eigenvalue weighted by Crippen LogP contribution is 2.30. The molecule has 19 heavy (non-hydrogen) atoms. The number of pyridine rings is 1. The molecule has 0 fully saturated rings. The minimum atomic E-state index is 0.424. The van der Waals surface area contributed by atoms with E-state index in [2.05, 4.69) is 17.1 Å². The van der Waals surface area contributed by atoms with Crippen LogP contribution in [0.2, 0.25) is 0 Å². The van der Waals surface area contributed by atoms with Gasteiger partial charge in [0.2, 0.25) is 0 Å². The van der Waals surface area contributed by atoms with Crippen molar-refractivity contribution in [2.45, 2.75) is 13.8 Å². The first kappa shape index (κ1) is 12.9. The van der Waals surface area contributed by atoms with Gasteiger partial charge in [-0.1, -0.05) is 12.1 Å². The minimum Gasteiger partial charge on any atom is -0.395 e. The fourth-order valence-corrected chi connectivity index (χ4v) is 2.03. The van der Waals surface area contributed by atoms with Gasteiger partial charge in [-0.05, 0) is 37.6 Å². The van der Waals surface area contributed by atoms with Gasteiger partial charge < -0.3 is 10.6 Å². The molecule has 0 saturated heterocycles. The van der Waals surface area contributed by atoms with Gasteiger partial charge in [-0.2, -0.15) is 5.26 Å². The van der Waals surface area contributed by atoms with Crippen LogP contribution in [0.3, 0.4) is 0 Å². The second-order valence-corrected chi connectivity index (χ2v) is 4.29. The van der Waals surface area contributed by atoms with Crippen LogP contribution in [-0.2, 0) is 0 Å². The summed E-state index contributed by atoms with van der Waals surface area (Å²) in [6.07, 6.45) is 1.61. The molecule has 1 heterocycles. The lowest BCUT2D eigenvalue weighted by Crippen LogP contribution is -2.19. The summed E-state index contributed by atoms with van der Waals surface area (Å²) in [5, 5.41) is 9.04. The SMILES string of the molecule is CCN(c1cccc(C)c1)c1nccc(C#N)c1N. The molecular weight excluding hydrogens is 236 g/mol. The van der Waals surface area contributed by atoms with Crippen LogP contribution >= 0.6 is 0 Å². The maximum atomic E-state index is 9.04. The molecule has 2 N–H and O–H groups in total. The molecule has 0 saturated carbocycles. The maximum Gasteiger partial charge on any atom is 0.157 e. The maximum absolute atomic E-state index is 9.04. The van der Waals surface area contributed by atoms with Crippen LogP contribution in [0.5, 0.6) is 0 Å². The summed E-state index contributed by atoms with van der Waals surface area (Å²) in [6, 6.07) is 11.8. The van der Waals surface area contributed by atoms with Crippen molar-refractivity contribution >= 4 is 17.2 Å². The first-order chi connectivity index (χ1) is 9.17. The number of anilines is 3. The molecule has 2 rings (SSSR count). The van der Waals surface area contributed by atoms with Crippen LogP contribution in [0.4, 0.5) is 17.2 Å². The number of nitrogens with zero attached hydrogens (tertiary/aromatic N) is 3. The lowest BCUT2D eigenvalue weighted by Gasteiger charge is -2.24. The van der Waals surface area contributed by atoms with Gasteiger partial charge in [0.15, 0.2) is 5.82 Å². The van der Waals surface area contributed by atoms with Gasteiger partial charge in [-0.15, -0.1) is 0 Å². The van der Waals surface area contributed by atoms with Crippen LogP contribution in [-0.4, -0.2) is 11.5 Å². The third kappa shape index (κ3) is 2.50. The average Bonchev–Trinajstić information content (AvgIpc) is 2.41. The average molecular weight is 252 g/mol. The summed E-state index contributed by atoms with van der Waals surface area (Å²) in [6.45, 7) is 4.80. The van der Waals surface area contributed by atoms with E-state index in [1.165, 1.54) is 5.56 Å². The number of aromatic nitrogens is 1. The lowest BCUT2D eigenvalue weighted by molar-refractivity contribution is 0.990. The fraction of sp³-hybridized carbons (Fsp3) is 0.200. The summed E-state index contributed by atoms with van der Waals surface area (Å²) < 4.78 is 0. The topological polar surface area (TPSA) is 65.9 Å². The number of nitriles is 1. The molecule has 0 aliphatic heterocycles. The van der Waals surface area contributed by atoms with Crippen molar-refractivity contribution in [2.75, 3.05) is 17.2 Å². The zero-order valence-electron chi connectivity index (χ0n) is 11.1. The van der Waals surface area contributed by atoms with E-state index < -0.39 is 0 Å². The number of aryl methyl sites for hydroxylation is 1. The molecule has 1 aromatic heterocycles. The molecule has 0 aliphatic rings. The Hall–Kier alpha value is -2.54. The standard InChI is InChI=1S/C15H16N4/c1-3-19(13-6-4-5-11(2)9-13)15-14(17)12(10-16)7-8-18-15/h4-9H,3,17H2,1-2H3. The normalized spacial score (nSPS) is 9.95. The molecule has 4 heteroatoms. The summed E-state index contributed by atoms with van der Waals surface area (Å²) in [5.41, 5.74) is 9.10. The highest BCUT2D eigenvalue weighted by Gasteiger charge is 2.14. The largest absolute Gasteiger partial charge is 0.395 e. The Morgan fingerprint density at radius 1 is 1.37 bits per heavy atom. The van der Waals surface area contributed by atoms with Gasteiger partial charge in [-0.3, -0.25) is 0 Å². The molecule has 0 amide bonds. The first-order valence-electron chi connectivity index (χ1n) is 6.16. The van der Waals surface area contributed by atoms with E-state index in [1.807, 2.05) is 36.9 Å². The predicted octanol–water partition coefficient (Wildman–Crippen LogP) is 3.00. The van der Waals surface area contributed by atoms with E-state index in [0.29, 0.717) is 17.1 Å². The Morgan fingerprint density at radius 2 is 2.16 bits per heavy atom. The number of hydrogen-bond donors (Lipinski definition) is 1. The molecule has 0 bridgehead atoms. The third-order valence-corrected chi connectivity index (χ3v) is 2.97. The molecule has 4 nitrogen and oxygen atoms in total. The quantitative estimate of drug-likeness (QED) is 0.911. The van der Waals surface area contributed by atoms with E-state index in [4.69, 9.17) is 11.0 Å². The molecule has 96 valence electrons. The minimum absolute atomic E-state index is 0.424. The number of rotatable bonds is 3. The summed E-state index contributed by atoms with van der Waals surface area (Å²) in [4.78, 5) is 6.32. The lowest BCUT2D eigenvalue weighted by atomic mass is 10.2. The Labute approximate surface area is 113 Å². The summed E-state index contributed by atoms with van der Waals surface area (Å²) in [5.74, 6) is 0.632. The van der Waals surface area contributed by atoms with Gasteiger partial charge in [-0.25, -0.2) is 4.98 Å². The smallest absolute Gasteiger partial charge is 0.157 e. The second kappa shape index (κ2) is 5.40. The number of nitrogens with two attached hydrogens (primary N) is 1. The monoisotopic (exact) mass is 252 g/mol. The Bertz CT molecular complexity index is 628. The summed E-state index contributed by atoms with van der Waals surface area (Å²) >= 11 is 0. The zero-order valence-corrected chi connectivity index (χ0v) is 11.1. The van der Waals surface area contributed by atoms with E-state index >= 15 is 0 Å². The molecule has 0 atom stereocenters. The van der Waals surface area contributed by atoms with Crippen molar-refractivity contribution in [3.8, 4) is 6.07 Å². The van der Waals surface area contributed by atoms with Crippen LogP contribution in [0, 0.1) is 18.3 Å². The van der Waals surface area contributed by atoms with Gasteiger partial charge in [0.1, 0.15) is 6.07 Å². The number of nitrogen functional groups attached to an aromatic ring is 1. The van der Waals surface area contributed by atoms with E-state index in [-0.39, 0.29) is 0 Å². The van der Waals surface area contributed by atoms with E-state index in [0.717, 1.165) is 12.2 Å². The van der Waals surface area contributed by atoms with Gasteiger partial charge >= 0.3 is 0 Å². The van der Waals surface area contributed by atoms with Crippen molar-refractivity contribution in [1.29, 1.82) is 5.26 Å². The molecule has 0 radical (unpaired) electrons. The van der Waals surface area contributed by atoms with Crippen molar-refractivity contribution in [3.05, 3.63) is 47.7 Å². The molecular formula is C15H16N4. The van der Waals surface area contributed by atoms with Crippen molar-refractivity contribution in [2.24, 2.45) is 0 Å². The molecule has 1 aromatic carbocycles. The van der Waals surface area contributed by atoms with Crippen molar-refractivity contribution in [3.63, 3.8) is 0 Å². The Balaban J connectivity index is 2.52. The Morgan fingerprint density at radius 3 is 2.79 bits per heavy atom. The predicted molar refractivity (Wildman–Crippen MR) is 77.2 cm³/mol. The number of benzene rings is 1.